The van der Waals surface area contributed by atoms with Crippen LogP contribution in [0.5, 0.6) is 0 Å². The molecule has 0 amide bonds. The van der Waals surface area contributed by atoms with Crippen LogP contribution in [0.15, 0.2) is 95.6 Å². The van der Waals surface area contributed by atoms with Crippen molar-refractivity contribution >= 4 is 45.4 Å². The number of rotatable bonds is 3. The molecule has 4 aromatic rings. The predicted molar refractivity (Wildman–Crippen MR) is 109 cm³/mol. The number of fused-ring (bicyclic) bond motifs is 1. The molecule has 0 atom stereocenters. The summed E-state index contributed by atoms with van der Waals surface area (Å²) in [7, 11) is -2.11. The summed E-state index contributed by atoms with van der Waals surface area (Å²) in [5.41, 5.74) is 1.29. The van der Waals surface area contributed by atoms with E-state index in [4.69, 9.17) is 0 Å². The highest BCUT2D eigenvalue weighted by Gasteiger charge is 2.35. The molecule has 4 rings (SSSR count). The van der Waals surface area contributed by atoms with Gasteiger partial charge in [-0.15, -0.1) is 0 Å². The first kappa shape index (κ1) is 15.4. The largest absolute Gasteiger partial charge is 0.366 e. The summed E-state index contributed by atoms with van der Waals surface area (Å²) in [6.45, 7) is 2.43. The maximum absolute atomic E-state index is 3.58. The molecule has 0 bridgehead atoms. The lowest BCUT2D eigenvalue weighted by Gasteiger charge is -2.31. The van der Waals surface area contributed by atoms with Crippen molar-refractivity contribution in [1.29, 1.82) is 0 Å². The molecule has 0 radical (unpaired) electrons. The van der Waals surface area contributed by atoms with Crippen molar-refractivity contribution in [2.75, 3.05) is 0 Å². The van der Waals surface area contributed by atoms with Gasteiger partial charge in [0.25, 0.3) is 0 Å². The van der Waals surface area contributed by atoms with Crippen LogP contribution in [-0.4, -0.2) is 12.5 Å². The quantitative estimate of drug-likeness (QED) is 0.448. The van der Waals surface area contributed by atoms with E-state index in [1.54, 1.807) is 0 Å². The van der Waals surface area contributed by atoms with Crippen LogP contribution in [0.1, 0.15) is 0 Å². The maximum Gasteiger partial charge on any atom is 0.221 e. The Balaban J connectivity index is 2.03. The van der Waals surface area contributed by atoms with E-state index in [0.717, 1.165) is 4.47 Å². The summed E-state index contributed by atoms with van der Waals surface area (Å²) in [5.74, 6) is 0. The molecule has 0 unspecified atom stereocenters. The molecule has 1 nitrogen and oxygen atoms in total. The number of aromatic nitrogens is 1. The standard InChI is InChI=1S/C21H18BrNSi/c1-24(19-8-4-2-5-9-19,20-10-6-3-7-11-20)23-15-14-17-16-18(22)12-13-21(17)23/h2-16H,1H3. The second-order valence-corrected chi connectivity index (χ2v) is 10.9. The van der Waals surface area contributed by atoms with Crippen LogP contribution in [0, 0.1) is 0 Å². The Morgan fingerprint density at radius 3 is 1.92 bits per heavy atom. The van der Waals surface area contributed by atoms with Gasteiger partial charge in [0.05, 0.1) is 0 Å². The Morgan fingerprint density at radius 2 is 1.33 bits per heavy atom. The lowest BCUT2D eigenvalue weighted by atomic mass is 10.3. The Kier molecular flexibility index (Phi) is 3.91. The van der Waals surface area contributed by atoms with E-state index < -0.39 is 8.24 Å². The molecule has 3 aromatic carbocycles. The lowest BCUT2D eigenvalue weighted by molar-refractivity contribution is 1.23. The van der Waals surface area contributed by atoms with Crippen molar-refractivity contribution in [1.82, 2.24) is 4.23 Å². The Morgan fingerprint density at radius 1 is 0.750 bits per heavy atom. The minimum atomic E-state index is -2.11. The topological polar surface area (TPSA) is 4.93 Å². The van der Waals surface area contributed by atoms with E-state index in [1.807, 2.05) is 0 Å². The summed E-state index contributed by atoms with van der Waals surface area (Å²) in [5, 5.41) is 4.10. The van der Waals surface area contributed by atoms with E-state index in [0.29, 0.717) is 0 Å². The molecule has 118 valence electrons. The molecule has 0 aliphatic carbocycles. The number of halogens is 1. The van der Waals surface area contributed by atoms with Crippen molar-refractivity contribution in [3.63, 3.8) is 0 Å². The molecule has 0 spiro atoms. The number of hydrogen-bond acceptors (Lipinski definition) is 0. The van der Waals surface area contributed by atoms with Crippen molar-refractivity contribution < 1.29 is 0 Å². The highest BCUT2D eigenvalue weighted by molar-refractivity contribution is 9.10. The fraction of sp³-hybridized carbons (Fsp3) is 0.0476. The third-order valence-corrected chi connectivity index (χ3v) is 9.57. The summed E-state index contributed by atoms with van der Waals surface area (Å²) in [6, 6.07) is 30.6. The normalized spacial score (nSPS) is 11.8. The van der Waals surface area contributed by atoms with Gasteiger partial charge in [-0.2, -0.15) is 0 Å². The molecule has 0 fully saturated rings. The average Bonchev–Trinajstić information content (AvgIpc) is 3.06. The molecule has 24 heavy (non-hydrogen) atoms. The number of benzene rings is 3. The van der Waals surface area contributed by atoms with Crippen LogP contribution in [0.25, 0.3) is 10.9 Å². The van der Waals surface area contributed by atoms with Crippen LogP contribution in [-0.2, 0) is 0 Å². The van der Waals surface area contributed by atoms with Crippen molar-refractivity contribution in [3.8, 4) is 0 Å². The second kappa shape index (κ2) is 6.08. The molecule has 1 aromatic heterocycles. The Labute approximate surface area is 151 Å². The van der Waals surface area contributed by atoms with Crippen molar-refractivity contribution in [3.05, 3.63) is 95.6 Å². The molecule has 0 saturated carbocycles. The van der Waals surface area contributed by atoms with E-state index in [2.05, 4.69) is 118 Å². The smallest absolute Gasteiger partial charge is 0.221 e. The number of hydrogen-bond donors (Lipinski definition) is 0. The minimum absolute atomic E-state index is 1.12. The fourth-order valence-corrected chi connectivity index (χ4v) is 7.48. The van der Waals surface area contributed by atoms with Crippen molar-refractivity contribution in [2.45, 2.75) is 6.55 Å². The molecular weight excluding hydrogens is 374 g/mol. The van der Waals surface area contributed by atoms with Crippen LogP contribution in [0.4, 0.5) is 0 Å². The zero-order valence-electron chi connectivity index (χ0n) is 13.5. The first-order valence-corrected chi connectivity index (χ1v) is 11.3. The summed E-state index contributed by atoms with van der Waals surface area (Å²) in [6.07, 6.45) is 2.25. The van der Waals surface area contributed by atoms with Gasteiger partial charge in [-0.1, -0.05) is 76.6 Å². The van der Waals surface area contributed by atoms with E-state index >= 15 is 0 Å². The van der Waals surface area contributed by atoms with Gasteiger partial charge in [0.1, 0.15) is 0 Å². The predicted octanol–water partition coefficient (Wildman–Crippen LogP) is 4.64. The molecule has 0 N–H and O–H groups in total. The molecule has 0 aliphatic heterocycles. The molecular formula is C21H18BrNSi. The summed E-state index contributed by atoms with van der Waals surface area (Å²) < 4.78 is 3.63. The zero-order chi connectivity index (χ0) is 16.6. The van der Waals surface area contributed by atoms with Crippen LogP contribution in [0.3, 0.4) is 0 Å². The van der Waals surface area contributed by atoms with Crippen LogP contribution < -0.4 is 10.4 Å². The second-order valence-electron chi connectivity index (χ2n) is 6.19. The summed E-state index contributed by atoms with van der Waals surface area (Å²) >= 11 is 3.58. The first-order chi connectivity index (χ1) is 11.7. The molecule has 0 aliphatic rings. The van der Waals surface area contributed by atoms with Gasteiger partial charge in [0.15, 0.2) is 0 Å². The highest BCUT2D eigenvalue weighted by atomic mass is 79.9. The third-order valence-electron chi connectivity index (χ3n) is 4.81. The third kappa shape index (κ3) is 2.45. The van der Waals surface area contributed by atoms with Gasteiger partial charge in [-0.25, -0.2) is 0 Å². The van der Waals surface area contributed by atoms with Gasteiger partial charge >= 0.3 is 0 Å². The first-order valence-electron chi connectivity index (χ1n) is 8.08. The number of nitrogens with zero attached hydrogens (tertiary/aromatic N) is 1. The highest BCUT2D eigenvalue weighted by Crippen LogP contribution is 2.24. The SMILES string of the molecule is C[Si](c1ccccc1)(c1ccccc1)n1ccc2cc(Br)ccc21. The van der Waals surface area contributed by atoms with E-state index in [9.17, 15) is 0 Å². The summed E-state index contributed by atoms with van der Waals surface area (Å²) in [4.78, 5) is 0. The van der Waals surface area contributed by atoms with Gasteiger partial charge in [-0.05, 0) is 52.8 Å². The van der Waals surface area contributed by atoms with E-state index in [-0.39, 0.29) is 0 Å². The van der Waals surface area contributed by atoms with Gasteiger partial charge in [-0.3, -0.25) is 0 Å². The Bertz CT molecular complexity index is 937. The molecule has 0 saturated heterocycles. The maximum atomic E-state index is 3.58. The van der Waals surface area contributed by atoms with Crippen LogP contribution >= 0.6 is 15.9 Å². The lowest BCUT2D eigenvalue weighted by Crippen LogP contribution is -2.61. The van der Waals surface area contributed by atoms with Crippen molar-refractivity contribution in [2.24, 2.45) is 0 Å². The van der Waals surface area contributed by atoms with Gasteiger partial charge in [0, 0.05) is 9.99 Å². The van der Waals surface area contributed by atoms with E-state index in [1.165, 1.54) is 21.3 Å². The fourth-order valence-electron chi connectivity index (χ4n) is 3.47. The molecule has 1 heterocycles. The van der Waals surface area contributed by atoms with Crippen LogP contribution in [0.2, 0.25) is 6.55 Å². The zero-order valence-corrected chi connectivity index (χ0v) is 16.1. The monoisotopic (exact) mass is 391 g/mol. The van der Waals surface area contributed by atoms with Gasteiger partial charge in [0.2, 0.25) is 8.24 Å². The Hall–Kier alpha value is -2.10. The van der Waals surface area contributed by atoms with Gasteiger partial charge < -0.3 is 4.23 Å². The molecule has 3 heteroatoms. The average molecular weight is 392 g/mol. The minimum Gasteiger partial charge on any atom is -0.366 e.